The molecule has 1 aromatic carbocycles. The van der Waals surface area contributed by atoms with E-state index in [2.05, 4.69) is 37.8 Å². The van der Waals surface area contributed by atoms with Crippen molar-refractivity contribution in [3.8, 4) is 0 Å². The number of benzene rings is 1. The van der Waals surface area contributed by atoms with E-state index in [9.17, 15) is 5.11 Å². The largest absolute Gasteiger partial charge is 0.394 e. The molecule has 1 saturated heterocycles. The number of rotatable bonds is 4. The lowest BCUT2D eigenvalue weighted by molar-refractivity contribution is -0.101. The first-order valence-corrected chi connectivity index (χ1v) is 7.35. The molecule has 0 bridgehead atoms. The second-order valence-electron chi connectivity index (χ2n) is 6.14. The average molecular weight is 278 g/mol. The quantitative estimate of drug-likeness (QED) is 0.885. The van der Waals surface area contributed by atoms with Crippen LogP contribution in [-0.4, -0.2) is 36.5 Å². The number of aliphatic hydroxyl groups is 1. The van der Waals surface area contributed by atoms with Crippen LogP contribution in [0.25, 0.3) is 0 Å². The number of nitrogens with two attached hydrogens (primary N) is 1. The van der Waals surface area contributed by atoms with Gasteiger partial charge in [-0.05, 0) is 31.9 Å². The van der Waals surface area contributed by atoms with Crippen molar-refractivity contribution in [1.82, 2.24) is 0 Å². The Bertz CT molecular complexity index is 448. The first-order valence-electron chi connectivity index (χ1n) is 7.35. The summed E-state index contributed by atoms with van der Waals surface area (Å²) in [6.07, 6.45) is 0.762. The van der Waals surface area contributed by atoms with E-state index in [0.29, 0.717) is 6.54 Å². The summed E-state index contributed by atoms with van der Waals surface area (Å²) in [5, 5.41) is 9.44. The highest BCUT2D eigenvalue weighted by atomic mass is 16.5. The minimum absolute atomic E-state index is 0.0436. The van der Waals surface area contributed by atoms with Gasteiger partial charge in [0.05, 0.1) is 18.3 Å². The Morgan fingerprint density at radius 3 is 2.80 bits per heavy atom. The normalized spacial score (nSPS) is 23.6. The van der Waals surface area contributed by atoms with Crippen LogP contribution in [0.3, 0.4) is 0 Å². The summed E-state index contributed by atoms with van der Waals surface area (Å²) >= 11 is 0. The van der Waals surface area contributed by atoms with Crippen molar-refractivity contribution in [1.29, 1.82) is 0 Å². The SMILES string of the molecule is CCC(N)c1ccccc1N1CC(CO)OC(C)(C)C1. The maximum Gasteiger partial charge on any atom is 0.0988 e. The Morgan fingerprint density at radius 1 is 1.45 bits per heavy atom. The van der Waals surface area contributed by atoms with Gasteiger partial charge in [-0.3, -0.25) is 0 Å². The van der Waals surface area contributed by atoms with Crippen molar-refractivity contribution in [2.75, 3.05) is 24.6 Å². The predicted octanol–water partition coefficient (Wildman–Crippen LogP) is 2.07. The molecule has 4 heteroatoms. The summed E-state index contributed by atoms with van der Waals surface area (Å²) in [5.41, 5.74) is 8.29. The third-order valence-electron chi connectivity index (χ3n) is 3.80. The van der Waals surface area contributed by atoms with Crippen molar-refractivity contribution < 1.29 is 9.84 Å². The van der Waals surface area contributed by atoms with Crippen molar-refractivity contribution in [2.24, 2.45) is 5.73 Å². The maximum absolute atomic E-state index is 9.44. The van der Waals surface area contributed by atoms with Gasteiger partial charge in [0.25, 0.3) is 0 Å². The molecule has 1 aliphatic heterocycles. The van der Waals surface area contributed by atoms with Gasteiger partial charge in [-0.25, -0.2) is 0 Å². The molecule has 0 radical (unpaired) electrons. The van der Waals surface area contributed by atoms with Crippen molar-refractivity contribution in [3.63, 3.8) is 0 Å². The average Bonchev–Trinajstić information content (AvgIpc) is 2.44. The lowest BCUT2D eigenvalue weighted by atomic mass is 9.99. The van der Waals surface area contributed by atoms with Crippen LogP contribution in [0.4, 0.5) is 5.69 Å². The van der Waals surface area contributed by atoms with Crippen LogP contribution >= 0.6 is 0 Å². The molecule has 4 nitrogen and oxygen atoms in total. The second kappa shape index (κ2) is 6.12. The minimum Gasteiger partial charge on any atom is -0.394 e. The molecular weight excluding hydrogens is 252 g/mol. The number of para-hydroxylation sites is 1. The topological polar surface area (TPSA) is 58.7 Å². The maximum atomic E-state index is 9.44. The Kier molecular flexibility index (Phi) is 4.68. The van der Waals surface area contributed by atoms with Gasteiger partial charge in [0.1, 0.15) is 0 Å². The van der Waals surface area contributed by atoms with Gasteiger partial charge in [-0.2, -0.15) is 0 Å². The highest BCUT2D eigenvalue weighted by Crippen LogP contribution is 2.31. The zero-order valence-corrected chi connectivity index (χ0v) is 12.7. The lowest BCUT2D eigenvalue weighted by Crippen LogP contribution is -2.54. The van der Waals surface area contributed by atoms with Gasteiger partial charge in [0.2, 0.25) is 0 Å². The molecule has 3 N–H and O–H groups in total. The summed E-state index contributed by atoms with van der Waals surface area (Å²) in [6.45, 7) is 7.77. The molecule has 20 heavy (non-hydrogen) atoms. The molecule has 2 rings (SSSR count). The number of morpholine rings is 1. The third-order valence-corrected chi connectivity index (χ3v) is 3.80. The number of ether oxygens (including phenoxy) is 1. The molecular formula is C16H26N2O2. The number of hydrogen-bond acceptors (Lipinski definition) is 4. The minimum atomic E-state index is -0.269. The van der Waals surface area contributed by atoms with Crippen LogP contribution in [0.5, 0.6) is 0 Å². The van der Waals surface area contributed by atoms with Gasteiger partial charge in [-0.1, -0.05) is 25.1 Å². The van der Waals surface area contributed by atoms with Crippen molar-refractivity contribution >= 4 is 5.69 Å². The first kappa shape index (κ1) is 15.3. The summed E-state index contributed by atoms with van der Waals surface area (Å²) in [4.78, 5) is 2.29. The standard InChI is InChI=1S/C16H26N2O2/c1-4-14(17)13-7-5-6-8-15(13)18-9-12(10-19)20-16(2,3)11-18/h5-8,12,14,19H,4,9-11,17H2,1-3H3. The van der Waals surface area contributed by atoms with Crippen molar-refractivity contribution in [2.45, 2.75) is 44.9 Å². The van der Waals surface area contributed by atoms with E-state index in [1.807, 2.05) is 12.1 Å². The molecule has 2 unspecified atom stereocenters. The van der Waals surface area contributed by atoms with Gasteiger partial charge in [0.15, 0.2) is 0 Å². The first-order chi connectivity index (χ1) is 9.46. The van der Waals surface area contributed by atoms with Crippen LogP contribution in [0.1, 0.15) is 38.8 Å². The molecule has 0 spiro atoms. The summed E-state index contributed by atoms with van der Waals surface area (Å²) < 4.78 is 5.88. The lowest BCUT2D eigenvalue weighted by Gasteiger charge is -2.44. The summed E-state index contributed by atoms with van der Waals surface area (Å²) in [6, 6.07) is 8.33. The second-order valence-corrected chi connectivity index (χ2v) is 6.14. The highest BCUT2D eigenvalue weighted by Gasteiger charge is 2.34. The fraction of sp³-hybridized carbons (Fsp3) is 0.625. The van der Waals surface area contributed by atoms with E-state index in [-0.39, 0.29) is 24.4 Å². The van der Waals surface area contributed by atoms with E-state index in [4.69, 9.17) is 10.5 Å². The smallest absolute Gasteiger partial charge is 0.0988 e. The molecule has 1 aromatic rings. The van der Waals surface area contributed by atoms with Crippen molar-refractivity contribution in [3.05, 3.63) is 29.8 Å². The van der Waals surface area contributed by atoms with Gasteiger partial charge >= 0.3 is 0 Å². The van der Waals surface area contributed by atoms with E-state index in [1.54, 1.807) is 0 Å². The summed E-state index contributed by atoms with van der Waals surface area (Å²) in [7, 11) is 0. The van der Waals surface area contributed by atoms with E-state index in [0.717, 1.165) is 18.7 Å². The number of aliphatic hydroxyl groups excluding tert-OH is 1. The van der Waals surface area contributed by atoms with Crippen LogP contribution in [-0.2, 0) is 4.74 Å². The zero-order chi connectivity index (χ0) is 14.8. The van der Waals surface area contributed by atoms with Crippen LogP contribution in [0.15, 0.2) is 24.3 Å². The van der Waals surface area contributed by atoms with E-state index >= 15 is 0 Å². The third kappa shape index (κ3) is 3.32. The van der Waals surface area contributed by atoms with Gasteiger partial charge in [-0.15, -0.1) is 0 Å². The molecule has 0 aromatic heterocycles. The molecule has 1 fully saturated rings. The zero-order valence-electron chi connectivity index (χ0n) is 12.7. The number of anilines is 1. The molecule has 0 saturated carbocycles. The monoisotopic (exact) mass is 278 g/mol. The number of hydrogen-bond donors (Lipinski definition) is 2. The molecule has 1 aliphatic rings. The van der Waals surface area contributed by atoms with Gasteiger partial charge in [0, 0.05) is 24.8 Å². The molecule has 0 amide bonds. The number of nitrogens with zero attached hydrogens (tertiary/aromatic N) is 1. The molecule has 0 aliphatic carbocycles. The predicted molar refractivity (Wildman–Crippen MR) is 81.9 cm³/mol. The summed E-state index contributed by atoms with van der Waals surface area (Å²) in [5.74, 6) is 0. The Labute approximate surface area is 121 Å². The van der Waals surface area contributed by atoms with E-state index < -0.39 is 0 Å². The van der Waals surface area contributed by atoms with Crippen LogP contribution in [0, 0.1) is 0 Å². The molecule has 112 valence electrons. The Morgan fingerprint density at radius 2 is 2.15 bits per heavy atom. The fourth-order valence-corrected chi connectivity index (χ4v) is 2.88. The van der Waals surface area contributed by atoms with Crippen LogP contribution < -0.4 is 10.6 Å². The highest BCUT2D eigenvalue weighted by molar-refractivity contribution is 5.55. The molecule has 2 atom stereocenters. The van der Waals surface area contributed by atoms with Gasteiger partial charge < -0.3 is 20.5 Å². The Hall–Kier alpha value is -1.10. The molecule has 1 heterocycles. The Balaban J connectivity index is 2.30. The van der Waals surface area contributed by atoms with Crippen LogP contribution in [0.2, 0.25) is 0 Å². The van der Waals surface area contributed by atoms with E-state index in [1.165, 1.54) is 5.56 Å². The fourth-order valence-electron chi connectivity index (χ4n) is 2.88.